The van der Waals surface area contributed by atoms with Crippen LogP contribution in [0, 0.1) is 13.8 Å². The monoisotopic (exact) mass is 305 g/mol. The number of aromatic nitrogens is 2. The number of hydrogen-bond acceptors (Lipinski definition) is 6. The molecule has 5 nitrogen and oxygen atoms in total. The van der Waals surface area contributed by atoms with Gasteiger partial charge in [-0.05, 0) is 39.2 Å². The summed E-state index contributed by atoms with van der Waals surface area (Å²) in [6, 6.07) is -0.220. The van der Waals surface area contributed by atoms with Crippen LogP contribution < -0.4 is 4.90 Å². The predicted octanol–water partition coefficient (Wildman–Crippen LogP) is 2.84. The van der Waals surface area contributed by atoms with Gasteiger partial charge in [-0.2, -0.15) is 0 Å². The summed E-state index contributed by atoms with van der Waals surface area (Å²) in [5.74, 6) is 0.726. The molecule has 112 valence electrons. The van der Waals surface area contributed by atoms with Gasteiger partial charge in [-0.3, -0.25) is 0 Å². The minimum Gasteiger partial charge on any atom is -0.464 e. The summed E-state index contributed by atoms with van der Waals surface area (Å²) in [5.41, 5.74) is 1.21. The summed E-state index contributed by atoms with van der Waals surface area (Å²) in [4.78, 5) is 25.3. The highest BCUT2D eigenvalue weighted by Crippen LogP contribution is 2.36. The number of carbonyl (C=O) groups is 1. The SMILES string of the molecule is CCOC(=O)C1CCCN1c1ncnc2sc(C)c(C)c12. The van der Waals surface area contributed by atoms with Crippen LogP contribution in [-0.4, -0.2) is 35.1 Å². The van der Waals surface area contributed by atoms with Crippen LogP contribution in [0.4, 0.5) is 5.82 Å². The molecule has 1 aliphatic heterocycles. The van der Waals surface area contributed by atoms with E-state index in [1.807, 2.05) is 6.92 Å². The Labute approximate surface area is 128 Å². The van der Waals surface area contributed by atoms with Crippen LogP contribution in [0.5, 0.6) is 0 Å². The van der Waals surface area contributed by atoms with Gasteiger partial charge in [-0.1, -0.05) is 0 Å². The highest BCUT2D eigenvalue weighted by molar-refractivity contribution is 7.18. The maximum Gasteiger partial charge on any atom is 0.328 e. The van der Waals surface area contributed by atoms with Gasteiger partial charge in [-0.15, -0.1) is 11.3 Å². The number of esters is 1. The van der Waals surface area contributed by atoms with Gasteiger partial charge in [-0.25, -0.2) is 14.8 Å². The molecule has 1 saturated heterocycles. The molecule has 2 aromatic heterocycles. The van der Waals surface area contributed by atoms with E-state index >= 15 is 0 Å². The van der Waals surface area contributed by atoms with E-state index in [1.54, 1.807) is 17.7 Å². The lowest BCUT2D eigenvalue weighted by molar-refractivity contribution is -0.144. The second kappa shape index (κ2) is 5.60. The number of anilines is 1. The zero-order valence-corrected chi connectivity index (χ0v) is 13.4. The van der Waals surface area contributed by atoms with Crippen molar-refractivity contribution in [2.24, 2.45) is 0 Å². The zero-order chi connectivity index (χ0) is 15.0. The number of rotatable bonds is 3. The smallest absolute Gasteiger partial charge is 0.328 e. The van der Waals surface area contributed by atoms with Crippen LogP contribution in [0.2, 0.25) is 0 Å². The molecule has 1 atom stereocenters. The molecule has 0 radical (unpaired) electrons. The Morgan fingerprint density at radius 3 is 3.05 bits per heavy atom. The normalized spacial score (nSPS) is 18.4. The lowest BCUT2D eigenvalue weighted by atomic mass is 10.2. The lowest BCUT2D eigenvalue weighted by Crippen LogP contribution is -2.38. The van der Waals surface area contributed by atoms with Crippen molar-refractivity contribution in [3.8, 4) is 0 Å². The van der Waals surface area contributed by atoms with Crippen molar-refractivity contribution in [1.82, 2.24) is 9.97 Å². The first kappa shape index (κ1) is 14.3. The Balaban J connectivity index is 2.05. The Morgan fingerprint density at radius 2 is 2.29 bits per heavy atom. The molecule has 0 amide bonds. The Morgan fingerprint density at radius 1 is 1.48 bits per heavy atom. The van der Waals surface area contributed by atoms with Gasteiger partial charge in [0.25, 0.3) is 0 Å². The van der Waals surface area contributed by atoms with E-state index < -0.39 is 0 Å². The third kappa shape index (κ3) is 2.37. The van der Waals surface area contributed by atoms with E-state index in [0.29, 0.717) is 6.61 Å². The minimum absolute atomic E-state index is 0.147. The van der Waals surface area contributed by atoms with E-state index in [1.165, 1.54) is 10.4 Å². The van der Waals surface area contributed by atoms with Crippen LogP contribution in [-0.2, 0) is 9.53 Å². The molecule has 0 saturated carbocycles. The average molecular weight is 305 g/mol. The number of fused-ring (bicyclic) bond motifs is 1. The first-order chi connectivity index (χ1) is 10.1. The van der Waals surface area contributed by atoms with Gasteiger partial charge in [0.2, 0.25) is 0 Å². The van der Waals surface area contributed by atoms with Crippen molar-refractivity contribution in [3.63, 3.8) is 0 Å². The molecule has 1 unspecified atom stereocenters. The largest absolute Gasteiger partial charge is 0.464 e. The number of hydrogen-bond donors (Lipinski definition) is 0. The summed E-state index contributed by atoms with van der Waals surface area (Å²) in [6.07, 6.45) is 3.40. The molecule has 21 heavy (non-hydrogen) atoms. The zero-order valence-electron chi connectivity index (χ0n) is 12.5. The quantitative estimate of drug-likeness (QED) is 0.816. The van der Waals surface area contributed by atoms with Crippen LogP contribution >= 0.6 is 11.3 Å². The van der Waals surface area contributed by atoms with Crippen molar-refractivity contribution in [3.05, 3.63) is 16.8 Å². The molecule has 0 N–H and O–H groups in total. The van der Waals surface area contributed by atoms with E-state index in [9.17, 15) is 4.79 Å². The molecule has 0 aromatic carbocycles. The average Bonchev–Trinajstić information content (AvgIpc) is 3.05. The van der Waals surface area contributed by atoms with E-state index in [2.05, 4.69) is 28.7 Å². The molecule has 3 rings (SSSR count). The number of nitrogens with zero attached hydrogens (tertiary/aromatic N) is 3. The highest BCUT2D eigenvalue weighted by Gasteiger charge is 2.34. The number of ether oxygens (including phenoxy) is 1. The van der Waals surface area contributed by atoms with Crippen LogP contribution in [0.3, 0.4) is 0 Å². The van der Waals surface area contributed by atoms with Gasteiger partial charge in [0.05, 0.1) is 12.0 Å². The molecule has 1 aliphatic rings. The fourth-order valence-electron chi connectivity index (χ4n) is 2.89. The Hall–Kier alpha value is -1.69. The second-order valence-corrected chi connectivity index (χ2v) is 6.47. The molecular weight excluding hydrogens is 286 g/mol. The molecule has 6 heteroatoms. The predicted molar refractivity (Wildman–Crippen MR) is 83.9 cm³/mol. The fourth-order valence-corrected chi connectivity index (χ4v) is 3.88. The summed E-state index contributed by atoms with van der Waals surface area (Å²) in [5, 5.41) is 1.08. The number of thiophene rings is 1. The van der Waals surface area contributed by atoms with Gasteiger partial charge in [0.15, 0.2) is 0 Å². The molecule has 3 heterocycles. The van der Waals surface area contributed by atoms with Crippen molar-refractivity contribution in [1.29, 1.82) is 0 Å². The summed E-state index contributed by atoms with van der Waals surface area (Å²) >= 11 is 1.68. The third-order valence-electron chi connectivity index (χ3n) is 4.03. The van der Waals surface area contributed by atoms with Crippen LogP contribution in [0.15, 0.2) is 6.33 Å². The number of aryl methyl sites for hydroxylation is 2. The molecule has 2 aromatic rings. The summed E-state index contributed by atoms with van der Waals surface area (Å²) in [6.45, 7) is 7.28. The Bertz CT molecular complexity index is 683. The highest BCUT2D eigenvalue weighted by atomic mass is 32.1. The molecule has 0 bridgehead atoms. The van der Waals surface area contributed by atoms with Crippen LogP contribution in [0.1, 0.15) is 30.2 Å². The van der Waals surface area contributed by atoms with Gasteiger partial charge in [0, 0.05) is 11.4 Å². The summed E-state index contributed by atoms with van der Waals surface area (Å²) in [7, 11) is 0. The van der Waals surface area contributed by atoms with Gasteiger partial charge in [0.1, 0.15) is 23.0 Å². The maximum absolute atomic E-state index is 12.2. The first-order valence-electron chi connectivity index (χ1n) is 7.27. The fraction of sp³-hybridized carbons (Fsp3) is 0.533. The third-order valence-corrected chi connectivity index (χ3v) is 5.14. The summed E-state index contributed by atoms with van der Waals surface area (Å²) < 4.78 is 5.20. The van der Waals surface area contributed by atoms with Crippen molar-refractivity contribution in [2.45, 2.75) is 39.7 Å². The number of carbonyl (C=O) groups excluding carboxylic acids is 1. The van der Waals surface area contributed by atoms with Crippen LogP contribution in [0.25, 0.3) is 10.2 Å². The second-order valence-electron chi connectivity index (χ2n) is 5.26. The van der Waals surface area contributed by atoms with Crippen molar-refractivity contribution in [2.75, 3.05) is 18.1 Å². The minimum atomic E-state index is -0.220. The van der Waals surface area contributed by atoms with Crippen molar-refractivity contribution < 1.29 is 9.53 Å². The maximum atomic E-state index is 12.2. The van der Waals surface area contributed by atoms with E-state index in [0.717, 1.165) is 35.4 Å². The standard InChI is InChI=1S/C15H19N3O2S/c1-4-20-15(19)11-6-5-7-18(11)13-12-9(2)10(3)21-14(12)17-8-16-13/h8,11H,4-7H2,1-3H3. The van der Waals surface area contributed by atoms with E-state index in [4.69, 9.17) is 4.74 Å². The lowest BCUT2D eigenvalue weighted by Gasteiger charge is -2.24. The Kier molecular flexibility index (Phi) is 3.80. The molecular formula is C15H19N3O2S. The molecule has 1 fully saturated rings. The molecule has 0 spiro atoms. The van der Waals surface area contributed by atoms with Gasteiger partial charge < -0.3 is 9.64 Å². The molecule has 0 aliphatic carbocycles. The van der Waals surface area contributed by atoms with Gasteiger partial charge >= 0.3 is 5.97 Å². The first-order valence-corrected chi connectivity index (χ1v) is 8.09. The van der Waals surface area contributed by atoms with Crippen molar-refractivity contribution >= 4 is 33.3 Å². The topological polar surface area (TPSA) is 55.3 Å². The van der Waals surface area contributed by atoms with E-state index in [-0.39, 0.29) is 12.0 Å².